The highest BCUT2D eigenvalue weighted by Crippen LogP contribution is 2.18. The molecule has 0 bridgehead atoms. The third-order valence-corrected chi connectivity index (χ3v) is 4.04. The average molecular weight is 315 g/mol. The fraction of sp³-hybridized carbons (Fsp3) is 0.294. The molecule has 5 heteroatoms. The van der Waals surface area contributed by atoms with Gasteiger partial charge < -0.3 is 5.32 Å². The molecule has 1 atom stereocenters. The van der Waals surface area contributed by atoms with Crippen molar-refractivity contribution >= 4 is 17.4 Å². The van der Waals surface area contributed by atoms with Gasteiger partial charge in [0.25, 0.3) is 0 Å². The lowest BCUT2D eigenvalue weighted by atomic mass is 10.1. The van der Waals surface area contributed by atoms with Crippen molar-refractivity contribution in [2.24, 2.45) is 0 Å². The molecule has 0 aliphatic rings. The maximum absolute atomic E-state index is 6.05. The molecule has 2 heterocycles. The highest BCUT2D eigenvalue weighted by atomic mass is 35.5. The molecule has 0 aliphatic heterocycles. The van der Waals surface area contributed by atoms with E-state index in [0.717, 1.165) is 34.4 Å². The van der Waals surface area contributed by atoms with E-state index in [0.29, 0.717) is 0 Å². The number of aromatic nitrogens is 3. The van der Waals surface area contributed by atoms with Crippen LogP contribution in [0.4, 0.5) is 0 Å². The smallest absolute Gasteiger partial charge is 0.234 e. The SMILES string of the molecule is Cc1cc(C)n2c(CN[C@H](C)c3cccc(Cl)c3)cnc2n1. The van der Waals surface area contributed by atoms with Gasteiger partial charge in [0, 0.05) is 29.0 Å². The van der Waals surface area contributed by atoms with Crippen molar-refractivity contribution in [3.63, 3.8) is 0 Å². The summed E-state index contributed by atoms with van der Waals surface area (Å²) in [5.74, 6) is 0.754. The van der Waals surface area contributed by atoms with Crippen LogP contribution in [0.3, 0.4) is 0 Å². The van der Waals surface area contributed by atoms with Gasteiger partial charge in [0.15, 0.2) is 0 Å². The van der Waals surface area contributed by atoms with E-state index in [1.165, 1.54) is 5.56 Å². The van der Waals surface area contributed by atoms with Crippen LogP contribution in [0, 0.1) is 13.8 Å². The van der Waals surface area contributed by atoms with Crippen molar-refractivity contribution in [1.82, 2.24) is 19.7 Å². The Hall–Kier alpha value is -1.91. The van der Waals surface area contributed by atoms with Gasteiger partial charge in [-0.1, -0.05) is 23.7 Å². The number of benzene rings is 1. The van der Waals surface area contributed by atoms with Gasteiger partial charge in [-0.25, -0.2) is 9.97 Å². The van der Waals surface area contributed by atoms with Crippen molar-refractivity contribution in [2.75, 3.05) is 0 Å². The minimum atomic E-state index is 0.211. The highest BCUT2D eigenvalue weighted by Gasteiger charge is 2.10. The van der Waals surface area contributed by atoms with Crippen LogP contribution in [0.1, 0.15) is 35.6 Å². The Kier molecular flexibility index (Phi) is 4.14. The average Bonchev–Trinajstić information content (AvgIpc) is 2.88. The molecule has 3 aromatic rings. The summed E-state index contributed by atoms with van der Waals surface area (Å²) in [7, 11) is 0. The Morgan fingerprint density at radius 3 is 2.86 bits per heavy atom. The molecule has 0 aliphatic carbocycles. The summed E-state index contributed by atoms with van der Waals surface area (Å²) in [6.45, 7) is 6.92. The Labute approximate surface area is 135 Å². The normalized spacial score (nSPS) is 12.7. The van der Waals surface area contributed by atoms with Gasteiger partial charge in [-0.2, -0.15) is 0 Å². The Balaban J connectivity index is 1.79. The van der Waals surface area contributed by atoms with Gasteiger partial charge in [0.1, 0.15) is 0 Å². The van der Waals surface area contributed by atoms with Crippen molar-refractivity contribution in [3.05, 3.63) is 64.2 Å². The molecular formula is C17H19ClN4. The Bertz CT molecular complexity index is 810. The predicted molar refractivity (Wildman–Crippen MR) is 89.2 cm³/mol. The summed E-state index contributed by atoms with van der Waals surface area (Å²) in [5.41, 5.74) is 4.41. The van der Waals surface area contributed by atoms with Crippen LogP contribution in [0.2, 0.25) is 5.02 Å². The summed E-state index contributed by atoms with van der Waals surface area (Å²) in [4.78, 5) is 8.86. The zero-order valence-corrected chi connectivity index (χ0v) is 13.7. The van der Waals surface area contributed by atoms with Gasteiger partial charge >= 0.3 is 0 Å². The van der Waals surface area contributed by atoms with E-state index in [1.807, 2.05) is 31.3 Å². The monoisotopic (exact) mass is 314 g/mol. The van der Waals surface area contributed by atoms with Crippen molar-refractivity contribution < 1.29 is 0 Å². The molecule has 0 saturated heterocycles. The first kappa shape index (κ1) is 15.0. The summed E-state index contributed by atoms with van der Waals surface area (Å²) < 4.78 is 2.09. The van der Waals surface area contributed by atoms with Gasteiger partial charge in [-0.05, 0) is 44.5 Å². The minimum Gasteiger partial charge on any atom is -0.305 e. The van der Waals surface area contributed by atoms with Crippen LogP contribution in [-0.4, -0.2) is 14.4 Å². The molecule has 0 radical (unpaired) electrons. The second-order valence-electron chi connectivity index (χ2n) is 5.58. The molecule has 1 aromatic carbocycles. The first-order valence-electron chi connectivity index (χ1n) is 7.34. The third-order valence-electron chi connectivity index (χ3n) is 3.80. The zero-order chi connectivity index (χ0) is 15.7. The molecule has 2 aromatic heterocycles. The van der Waals surface area contributed by atoms with E-state index in [-0.39, 0.29) is 6.04 Å². The number of aryl methyl sites for hydroxylation is 2. The van der Waals surface area contributed by atoms with Crippen molar-refractivity contribution in [3.8, 4) is 0 Å². The number of imidazole rings is 1. The fourth-order valence-electron chi connectivity index (χ4n) is 2.67. The summed E-state index contributed by atoms with van der Waals surface area (Å²) >= 11 is 6.05. The second-order valence-corrected chi connectivity index (χ2v) is 6.02. The van der Waals surface area contributed by atoms with Crippen LogP contribution in [0.5, 0.6) is 0 Å². The molecule has 22 heavy (non-hydrogen) atoms. The first-order chi connectivity index (χ1) is 10.5. The largest absolute Gasteiger partial charge is 0.305 e. The lowest BCUT2D eigenvalue weighted by Gasteiger charge is -2.15. The number of hydrogen-bond acceptors (Lipinski definition) is 3. The number of rotatable bonds is 4. The van der Waals surface area contributed by atoms with Crippen LogP contribution in [0.25, 0.3) is 5.78 Å². The molecule has 0 unspecified atom stereocenters. The molecule has 114 valence electrons. The molecule has 0 fully saturated rings. The van der Waals surface area contributed by atoms with Gasteiger partial charge in [-0.15, -0.1) is 0 Å². The lowest BCUT2D eigenvalue weighted by molar-refractivity contribution is 0.565. The van der Waals surface area contributed by atoms with Crippen LogP contribution in [-0.2, 0) is 6.54 Å². The van der Waals surface area contributed by atoms with Crippen molar-refractivity contribution in [2.45, 2.75) is 33.4 Å². The quantitative estimate of drug-likeness (QED) is 0.795. The number of hydrogen-bond donors (Lipinski definition) is 1. The zero-order valence-electron chi connectivity index (χ0n) is 13.0. The van der Waals surface area contributed by atoms with Gasteiger partial charge in [0.05, 0.1) is 11.9 Å². The fourth-order valence-corrected chi connectivity index (χ4v) is 2.87. The number of nitrogens with one attached hydrogen (secondary N) is 1. The number of fused-ring (bicyclic) bond motifs is 1. The number of nitrogens with zero attached hydrogens (tertiary/aromatic N) is 3. The van der Waals surface area contributed by atoms with Gasteiger partial charge in [-0.3, -0.25) is 4.40 Å². The molecule has 3 rings (SSSR count). The summed E-state index contributed by atoms with van der Waals surface area (Å²) in [6.07, 6.45) is 1.88. The Morgan fingerprint density at radius 1 is 1.27 bits per heavy atom. The molecule has 0 amide bonds. The maximum Gasteiger partial charge on any atom is 0.234 e. The van der Waals surface area contributed by atoms with Crippen LogP contribution in [0.15, 0.2) is 36.5 Å². The molecule has 0 saturated carbocycles. The van der Waals surface area contributed by atoms with Crippen LogP contribution < -0.4 is 5.32 Å². The molecule has 4 nitrogen and oxygen atoms in total. The lowest BCUT2D eigenvalue weighted by Crippen LogP contribution is -2.19. The second kappa shape index (κ2) is 6.07. The summed E-state index contributed by atoms with van der Waals surface area (Å²) in [6, 6.07) is 10.2. The Morgan fingerprint density at radius 2 is 2.09 bits per heavy atom. The van der Waals surface area contributed by atoms with E-state index in [1.54, 1.807) is 0 Å². The predicted octanol–water partition coefficient (Wildman–Crippen LogP) is 3.85. The first-order valence-corrected chi connectivity index (χ1v) is 7.72. The van der Waals surface area contributed by atoms with Crippen molar-refractivity contribution in [1.29, 1.82) is 0 Å². The topological polar surface area (TPSA) is 42.2 Å². The highest BCUT2D eigenvalue weighted by molar-refractivity contribution is 6.30. The standard InChI is InChI=1S/C17H19ClN4/c1-11-7-12(2)22-16(10-20-17(22)21-11)9-19-13(3)14-5-4-6-15(18)8-14/h4-8,10,13,19H,9H2,1-3H3/t13-/m1/s1. The maximum atomic E-state index is 6.05. The van der Waals surface area contributed by atoms with E-state index in [2.05, 4.69) is 45.7 Å². The third kappa shape index (κ3) is 2.98. The van der Waals surface area contributed by atoms with E-state index in [9.17, 15) is 0 Å². The molecular weight excluding hydrogens is 296 g/mol. The van der Waals surface area contributed by atoms with E-state index in [4.69, 9.17) is 11.6 Å². The summed E-state index contributed by atoms with van der Waals surface area (Å²) in [5, 5.41) is 4.28. The number of halogens is 1. The molecule has 0 spiro atoms. The van der Waals surface area contributed by atoms with Gasteiger partial charge in [0.2, 0.25) is 5.78 Å². The van der Waals surface area contributed by atoms with E-state index >= 15 is 0 Å². The van der Waals surface area contributed by atoms with E-state index < -0.39 is 0 Å². The molecule has 1 N–H and O–H groups in total. The van der Waals surface area contributed by atoms with Crippen LogP contribution >= 0.6 is 11.6 Å². The minimum absolute atomic E-state index is 0.211.